The van der Waals surface area contributed by atoms with Crippen LogP contribution in [0.3, 0.4) is 0 Å². The van der Waals surface area contributed by atoms with Crippen molar-refractivity contribution in [2.45, 2.75) is 38.7 Å². The van der Waals surface area contributed by atoms with Crippen molar-refractivity contribution in [1.29, 1.82) is 0 Å². The molecule has 0 atom stereocenters. The summed E-state index contributed by atoms with van der Waals surface area (Å²) in [4.78, 5) is 16.3. The van der Waals surface area contributed by atoms with E-state index in [-0.39, 0.29) is 29.7 Å². The summed E-state index contributed by atoms with van der Waals surface area (Å²) in [6.45, 7) is 5.85. The van der Waals surface area contributed by atoms with Gasteiger partial charge in [-0.2, -0.15) is 0 Å². The number of aromatic nitrogens is 2. The molecule has 0 spiro atoms. The van der Waals surface area contributed by atoms with E-state index in [4.69, 9.17) is 11.6 Å². The number of nitrogens with zero attached hydrogens (tertiary/aromatic N) is 2. The predicted octanol–water partition coefficient (Wildman–Crippen LogP) is 2.83. The van der Waals surface area contributed by atoms with Crippen LogP contribution < -0.4 is 5.32 Å². The molecule has 0 fully saturated rings. The van der Waals surface area contributed by atoms with Crippen molar-refractivity contribution >= 4 is 28.5 Å². The molecule has 2 aromatic rings. The molecule has 0 aliphatic carbocycles. The van der Waals surface area contributed by atoms with Crippen molar-refractivity contribution in [1.82, 2.24) is 14.9 Å². The molecular formula is C14H17ClFN3O. The summed E-state index contributed by atoms with van der Waals surface area (Å²) in [5.74, 6) is 0.227. The molecule has 0 aliphatic heterocycles. The molecule has 0 radical (unpaired) electrons. The first-order valence-electron chi connectivity index (χ1n) is 6.32. The van der Waals surface area contributed by atoms with Gasteiger partial charge in [-0.25, -0.2) is 9.37 Å². The van der Waals surface area contributed by atoms with E-state index < -0.39 is 0 Å². The molecule has 1 aromatic carbocycles. The van der Waals surface area contributed by atoms with Gasteiger partial charge in [0.1, 0.15) is 18.2 Å². The maximum atomic E-state index is 13.2. The van der Waals surface area contributed by atoms with Crippen LogP contribution in [0.4, 0.5) is 4.39 Å². The quantitative estimate of drug-likeness (QED) is 0.886. The van der Waals surface area contributed by atoms with E-state index in [0.29, 0.717) is 16.9 Å². The average Bonchev–Trinajstić information content (AvgIpc) is 2.64. The molecule has 108 valence electrons. The fraction of sp³-hybridized carbons (Fsp3) is 0.429. The van der Waals surface area contributed by atoms with Crippen molar-refractivity contribution in [2.24, 2.45) is 0 Å². The number of hydrogen-bond donors (Lipinski definition) is 1. The van der Waals surface area contributed by atoms with Gasteiger partial charge in [-0.3, -0.25) is 4.79 Å². The minimum absolute atomic E-state index is 0.113. The second-order valence-electron chi connectivity index (χ2n) is 5.68. The molecule has 0 bridgehead atoms. The maximum Gasteiger partial charge on any atom is 0.240 e. The van der Waals surface area contributed by atoms with Gasteiger partial charge in [0, 0.05) is 11.6 Å². The van der Waals surface area contributed by atoms with Crippen molar-refractivity contribution in [3.05, 3.63) is 29.8 Å². The average molecular weight is 298 g/mol. The van der Waals surface area contributed by atoms with Gasteiger partial charge in [-0.05, 0) is 32.9 Å². The number of amides is 1. The molecule has 1 amide bonds. The third-order valence-corrected chi connectivity index (χ3v) is 2.96. The first-order valence-corrected chi connectivity index (χ1v) is 6.85. The predicted molar refractivity (Wildman–Crippen MR) is 77.1 cm³/mol. The summed E-state index contributed by atoms with van der Waals surface area (Å²) >= 11 is 5.85. The molecule has 0 unspecified atom stereocenters. The molecule has 0 saturated carbocycles. The lowest BCUT2D eigenvalue weighted by Crippen LogP contribution is -2.42. The van der Waals surface area contributed by atoms with Crippen LogP contribution in [-0.4, -0.2) is 21.0 Å². The van der Waals surface area contributed by atoms with Gasteiger partial charge in [0.2, 0.25) is 5.91 Å². The number of rotatable bonds is 3. The van der Waals surface area contributed by atoms with Gasteiger partial charge in [0.05, 0.1) is 16.9 Å². The Hall–Kier alpha value is -1.62. The molecule has 1 heterocycles. The molecule has 20 heavy (non-hydrogen) atoms. The van der Waals surface area contributed by atoms with E-state index in [1.165, 1.54) is 12.1 Å². The van der Waals surface area contributed by atoms with Crippen molar-refractivity contribution in [3.63, 3.8) is 0 Å². The number of benzene rings is 1. The van der Waals surface area contributed by atoms with Crippen LogP contribution in [0.2, 0.25) is 0 Å². The molecule has 2 rings (SSSR count). The second-order valence-corrected chi connectivity index (χ2v) is 5.95. The summed E-state index contributed by atoms with van der Waals surface area (Å²) in [5.41, 5.74) is 0.899. The van der Waals surface area contributed by atoms with Crippen molar-refractivity contribution in [3.8, 4) is 0 Å². The van der Waals surface area contributed by atoms with Crippen LogP contribution in [0, 0.1) is 5.82 Å². The van der Waals surface area contributed by atoms with Gasteiger partial charge >= 0.3 is 0 Å². The van der Waals surface area contributed by atoms with E-state index >= 15 is 0 Å². The third-order valence-electron chi connectivity index (χ3n) is 2.72. The number of nitrogens with one attached hydrogen (secondary N) is 1. The number of carbonyl (C=O) groups excluding carboxylic acids is 1. The number of alkyl halides is 1. The summed E-state index contributed by atoms with van der Waals surface area (Å²) in [6.07, 6.45) is 0. The van der Waals surface area contributed by atoms with Gasteiger partial charge in [0.15, 0.2) is 0 Å². The lowest BCUT2D eigenvalue weighted by Gasteiger charge is -2.21. The standard InChI is InChI=1S/C14H17ClFN3O/c1-14(2,3)18-13(20)8-19-11-5-4-9(16)6-10(11)17-12(19)7-15/h4-6H,7-8H2,1-3H3,(H,18,20). The maximum absolute atomic E-state index is 13.2. The monoisotopic (exact) mass is 297 g/mol. The SMILES string of the molecule is CC(C)(C)NC(=O)Cn1c(CCl)nc2cc(F)ccc21. The molecular weight excluding hydrogens is 281 g/mol. The van der Waals surface area contributed by atoms with E-state index in [2.05, 4.69) is 10.3 Å². The van der Waals surface area contributed by atoms with Crippen LogP contribution in [0.5, 0.6) is 0 Å². The summed E-state index contributed by atoms with van der Waals surface area (Å²) in [6, 6.07) is 4.29. The Kier molecular flexibility index (Phi) is 3.99. The third kappa shape index (κ3) is 3.28. The zero-order valence-corrected chi connectivity index (χ0v) is 12.5. The van der Waals surface area contributed by atoms with Gasteiger partial charge < -0.3 is 9.88 Å². The first-order chi connectivity index (χ1) is 9.30. The minimum atomic E-state index is -0.359. The highest BCUT2D eigenvalue weighted by Gasteiger charge is 2.17. The number of fused-ring (bicyclic) bond motifs is 1. The fourth-order valence-electron chi connectivity index (χ4n) is 2.03. The van der Waals surface area contributed by atoms with Crippen LogP contribution >= 0.6 is 11.6 Å². The highest BCUT2D eigenvalue weighted by Crippen LogP contribution is 2.19. The molecule has 4 nitrogen and oxygen atoms in total. The molecule has 6 heteroatoms. The Morgan fingerprint density at radius 2 is 2.15 bits per heavy atom. The van der Waals surface area contributed by atoms with Crippen molar-refractivity contribution in [2.75, 3.05) is 0 Å². The molecule has 1 N–H and O–H groups in total. The van der Waals surface area contributed by atoms with Gasteiger partial charge in [-0.15, -0.1) is 11.6 Å². The van der Waals surface area contributed by atoms with E-state index in [1.807, 2.05) is 20.8 Å². The Bertz CT molecular complexity index is 646. The largest absolute Gasteiger partial charge is 0.350 e. The van der Waals surface area contributed by atoms with E-state index in [9.17, 15) is 9.18 Å². The Morgan fingerprint density at radius 1 is 1.45 bits per heavy atom. The normalized spacial score (nSPS) is 11.8. The lowest BCUT2D eigenvalue weighted by atomic mass is 10.1. The van der Waals surface area contributed by atoms with E-state index in [1.54, 1.807) is 10.6 Å². The number of hydrogen-bond acceptors (Lipinski definition) is 2. The smallest absolute Gasteiger partial charge is 0.240 e. The fourth-order valence-corrected chi connectivity index (χ4v) is 2.24. The molecule has 0 aliphatic rings. The van der Waals surface area contributed by atoms with Crippen LogP contribution in [0.25, 0.3) is 11.0 Å². The Morgan fingerprint density at radius 3 is 2.75 bits per heavy atom. The van der Waals surface area contributed by atoms with E-state index in [0.717, 1.165) is 0 Å². The van der Waals surface area contributed by atoms with Crippen molar-refractivity contribution < 1.29 is 9.18 Å². The summed E-state index contributed by atoms with van der Waals surface area (Å²) in [7, 11) is 0. The zero-order chi connectivity index (χ0) is 14.9. The van der Waals surface area contributed by atoms with Gasteiger partial charge in [0.25, 0.3) is 0 Å². The first kappa shape index (κ1) is 14.8. The number of halogens is 2. The molecule has 0 saturated heterocycles. The lowest BCUT2D eigenvalue weighted by molar-refractivity contribution is -0.123. The Labute approximate surface area is 121 Å². The Balaban J connectivity index is 2.35. The van der Waals surface area contributed by atoms with Crippen LogP contribution in [0.1, 0.15) is 26.6 Å². The zero-order valence-electron chi connectivity index (χ0n) is 11.7. The van der Waals surface area contributed by atoms with Crippen LogP contribution in [0.15, 0.2) is 18.2 Å². The summed E-state index contributed by atoms with van der Waals surface area (Å²) in [5, 5.41) is 2.88. The van der Waals surface area contributed by atoms with Crippen LogP contribution in [-0.2, 0) is 17.2 Å². The number of imidazole rings is 1. The second kappa shape index (κ2) is 5.40. The van der Waals surface area contributed by atoms with Gasteiger partial charge in [-0.1, -0.05) is 0 Å². The topological polar surface area (TPSA) is 46.9 Å². The summed E-state index contributed by atoms with van der Waals surface area (Å²) < 4.78 is 14.9. The highest BCUT2D eigenvalue weighted by atomic mass is 35.5. The number of carbonyl (C=O) groups is 1. The minimum Gasteiger partial charge on any atom is -0.350 e. The highest BCUT2D eigenvalue weighted by molar-refractivity contribution is 6.16. The molecule has 1 aromatic heterocycles.